The number of hydrogen-bond donors (Lipinski definition) is 1. The summed E-state index contributed by atoms with van der Waals surface area (Å²) >= 11 is 1.79. The van der Waals surface area contributed by atoms with Crippen LogP contribution in [0.1, 0.15) is 20.3 Å². The Labute approximate surface area is 96.3 Å². The Kier molecular flexibility index (Phi) is 3.65. The number of thiophene rings is 1. The number of piperidine rings is 1. The van der Waals surface area contributed by atoms with Crippen LogP contribution in [0.5, 0.6) is 0 Å². The molecule has 0 bridgehead atoms. The van der Waals surface area contributed by atoms with E-state index in [4.69, 9.17) is 0 Å². The Morgan fingerprint density at radius 1 is 1.53 bits per heavy atom. The van der Waals surface area contributed by atoms with E-state index in [0.717, 1.165) is 19.0 Å². The van der Waals surface area contributed by atoms with E-state index in [9.17, 15) is 0 Å². The topological polar surface area (TPSA) is 15.3 Å². The molecule has 2 rings (SSSR count). The van der Waals surface area contributed by atoms with Gasteiger partial charge in [0.15, 0.2) is 0 Å². The highest BCUT2D eigenvalue weighted by molar-refractivity contribution is 7.08. The van der Waals surface area contributed by atoms with Crippen LogP contribution >= 0.6 is 11.3 Å². The maximum absolute atomic E-state index is 3.57. The van der Waals surface area contributed by atoms with Gasteiger partial charge in [-0.2, -0.15) is 11.3 Å². The zero-order valence-electron chi connectivity index (χ0n) is 9.57. The summed E-state index contributed by atoms with van der Waals surface area (Å²) in [7, 11) is 0. The second-order valence-corrected chi connectivity index (χ2v) is 5.26. The Morgan fingerprint density at radius 2 is 2.40 bits per heavy atom. The average Bonchev–Trinajstić information content (AvgIpc) is 2.70. The fourth-order valence-electron chi connectivity index (χ4n) is 2.44. The van der Waals surface area contributed by atoms with Crippen LogP contribution in [-0.4, -0.2) is 25.7 Å². The average molecular weight is 224 g/mol. The first-order chi connectivity index (χ1) is 7.29. The van der Waals surface area contributed by atoms with Crippen LogP contribution in [-0.2, 0) is 0 Å². The largest absolute Gasteiger partial charge is 0.369 e. The van der Waals surface area contributed by atoms with E-state index < -0.39 is 0 Å². The predicted octanol–water partition coefficient (Wildman–Crippen LogP) is 2.57. The summed E-state index contributed by atoms with van der Waals surface area (Å²) < 4.78 is 0. The summed E-state index contributed by atoms with van der Waals surface area (Å²) in [6.45, 7) is 7.99. The molecule has 0 aliphatic carbocycles. The van der Waals surface area contributed by atoms with Gasteiger partial charge in [-0.15, -0.1) is 0 Å². The van der Waals surface area contributed by atoms with E-state index >= 15 is 0 Å². The number of rotatable bonds is 3. The minimum atomic E-state index is 0.665. The summed E-state index contributed by atoms with van der Waals surface area (Å²) in [5.41, 5.74) is 1.40. The first kappa shape index (κ1) is 11.0. The highest BCUT2D eigenvalue weighted by atomic mass is 32.1. The van der Waals surface area contributed by atoms with Gasteiger partial charge >= 0.3 is 0 Å². The molecule has 0 saturated carbocycles. The van der Waals surface area contributed by atoms with Crippen molar-refractivity contribution >= 4 is 17.0 Å². The minimum absolute atomic E-state index is 0.665. The van der Waals surface area contributed by atoms with Crippen LogP contribution in [0.15, 0.2) is 16.8 Å². The van der Waals surface area contributed by atoms with Crippen LogP contribution in [0.2, 0.25) is 0 Å². The SMILES string of the molecule is CCNC1CC(C)CN(c2ccsc2)C1. The first-order valence-electron chi connectivity index (χ1n) is 5.80. The molecule has 1 aromatic heterocycles. The van der Waals surface area contributed by atoms with Crippen molar-refractivity contribution in [3.8, 4) is 0 Å². The lowest BCUT2D eigenvalue weighted by atomic mass is 9.95. The molecule has 1 aliphatic heterocycles. The fourth-order valence-corrected chi connectivity index (χ4v) is 3.10. The molecule has 0 amide bonds. The van der Waals surface area contributed by atoms with Crippen LogP contribution < -0.4 is 10.2 Å². The Bertz CT molecular complexity index is 284. The van der Waals surface area contributed by atoms with E-state index in [1.807, 2.05) is 0 Å². The molecule has 2 atom stereocenters. The number of anilines is 1. The zero-order chi connectivity index (χ0) is 10.7. The minimum Gasteiger partial charge on any atom is -0.369 e. The van der Waals surface area contributed by atoms with Gasteiger partial charge in [-0.05, 0) is 30.3 Å². The van der Waals surface area contributed by atoms with Gasteiger partial charge in [0.05, 0.1) is 0 Å². The maximum Gasteiger partial charge on any atom is 0.0475 e. The van der Waals surface area contributed by atoms with E-state index in [1.54, 1.807) is 11.3 Å². The van der Waals surface area contributed by atoms with E-state index in [0.29, 0.717) is 6.04 Å². The van der Waals surface area contributed by atoms with Gasteiger partial charge in [0.2, 0.25) is 0 Å². The maximum atomic E-state index is 3.57. The standard InChI is InChI=1S/C12H20N2S/c1-3-13-11-6-10(2)7-14(8-11)12-4-5-15-9-12/h4-5,9-11,13H,3,6-8H2,1-2H3. The van der Waals surface area contributed by atoms with Gasteiger partial charge in [0.1, 0.15) is 0 Å². The van der Waals surface area contributed by atoms with Crippen molar-refractivity contribution in [2.75, 3.05) is 24.5 Å². The number of nitrogens with zero attached hydrogens (tertiary/aromatic N) is 1. The molecular weight excluding hydrogens is 204 g/mol. The quantitative estimate of drug-likeness (QED) is 0.849. The number of nitrogens with one attached hydrogen (secondary N) is 1. The summed E-state index contributed by atoms with van der Waals surface area (Å²) in [6, 6.07) is 2.89. The third-order valence-corrected chi connectivity index (χ3v) is 3.69. The van der Waals surface area contributed by atoms with Crippen LogP contribution in [0.4, 0.5) is 5.69 Å². The molecular formula is C12H20N2S. The van der Waals surface area contributed by atoms with Gasteiger partial charge in [-0.25, -0.2) is 0 Å². The van der Waals surface area contributed by atoms with Gasteiger partial charge in [-0.1, -0.05) is 13.8 Å². The van der Waals surface area contributed by atoms with Crippen molar-refractivity contribution in [2.45, 2.75) is 26.3 Å². The van der Waals surface area contributed by atoms with E-state index in [-0.39, 0.29) is 0 Å². The lowest BCUT2D eigenvalue weighted by Gasteiger charge is -2.37. The highest BCUT2D eigenvalue weighted by Gasteiger charge is 2.24. The molecule has 1 aliphatic rings. The lowest BCUT2D eigenvalue weighted by molar-refractivity contribution is 0.356. The van der Waals surface area contributed by atoms with Crippen LogP contribution in [0.25, 0.3) is 0 Å². The third-order valence-electron chi connectivity index (χ3n) is 3.02. The molecule has 15 heavy (non-hydrogen) atoms. The number of likely N-dealkylation sites (N-methyl/N-ethyl adjacent to an activating group) is 1. The van der Waals surface area contributed by atoms with Gasteiger partial charge < -0.3 is 10.2 Å². The van der Waals surface area contributed by atoms with Gasteiger partial charge in [0, 0.05) is 30.2 Å². The lowest BCUT2D eigenvalue weighted by Crippen LogP contribution is -2.48. The molecule has 1 fully saturated rings. The smallest absolute Gasteiger partial charge is 0.0475 e. The van der Waals surface area contributed by atoms with E-state index in [2.05, 4.69) is 40.9 Å². The molecule has 84 valence electrons. The Balaban J connectivity index is 2.00. The predicted molar refractivity (Wildman–Crippen MR) is 67.8 cm³/mol. The summed E-state index contributed by atoms with van der Waals surface area (Å²) in [4.78, 5) is 2.51. The second-order valence-electron chi connectivity index (χ2n) is 4.48. The molecule has 2 nitrogen and oxygen atoms in total. The van der Waals surface area contributed by atoms with Crippen LogP contribution in [0, 0.1) is 5.92 Å². The Hall–Kier alpha value is -0.540. The van der Waals surface area contributed by atoms with Crippen molar-refractivity contribution < 1.29 is 0 Å². The fraction of sp³-hybridized carbons (Fsp3) is 0.667. The molecule has 0 radical (unpaired) electrons. The molecule has 2 unspecified atom stereocenters. The Morgan fingerprint density at radius 3 is 3.07 bits per heavy atom. The van der Waals surface area contributed by atoms with Crippen molar-refractivity contribution in [1.29, 1.82) is 0 Å². The van der Waals surface area contributed by atoms with Gasteiger partial charge in [-0.3, -0.25) is 0 Å². The van der Waals surface area contributed by atoms with Crippen molar-refractivity contribution in [2.24, 2.45) is 5.92 Å². The molecule has 0 aromatic carbocycles. The molecule has 0 spiro atoms. The third kappa shape index (κ3) is 2.73. The van der Waals surface area contributed by atoms with E-state index in [1.165, 1.54) is 18.7 Å². The van der Waals surface area contributed by atoms with Gasteiger partial charge in [0.25, 0.3) is 0 Å². The highest BCUT2D eigenvalue weighted by Crippen LogP contribution is 2.24. The van der Waals surface area contributed by atoms with Crippen LogP contribution in [0.3, 0.4) is 0 Å². The molecule has 2 heterocycles. The zero-order valence-corrected chi connectivity index (χ0v) is 10.4. The molecule has 1 aromatic rings. The first-order valence-corrected chi connectivity index (χ1v) is 6.74. The monoisotopic (exact) mass is 224 g/mol. The van der Waals surface area contributed by atoms with Crippen molar-refractivity contribution in [3.05, 3.63) is 16.8 Å². The van der Waals surface area contributed by atoms with Crippen molar-refractivity contribution in [3.63, 3.8) is 0 Å². The second kappa shape index (κ2) is 4.99. The number of hydrogen-bond acceptors (Lipinski definition) is 3. The summed E-state index contributed by atoms with van der Waals surface area (Å²) in [5.74, 6) is 0.794. The van der Waals surface area contributed by atoms with Crippen molar-refractivity contribution in [1.82, 2.24) is 5.32 Å². The normalized spacial score (nSPS) is 26.9. The summed E-state index contributed by atoms with van der Waals surface area (Å²) in [6.07, 6.45) is 1.31. The molecule has 1 N–H and O–H groups in total. The summed E-state index contributed by atoms with van der Waals surface area (Å²) in [5, 5.41) is 7.98. The molecule has 3 heteroatoms. The molecule has 1 saturated heterocycles.